The number of nitrogens with zero attached hydrogens (tertiary/aromatic N) is 1. The number of nitrogen functional groups attached to an aromatic ring is 1. The fourth-order valence-corrected chi connectivity index (χ4v) is 2.36. The lowest BCUT2D eigenvalue weighted by atomic mass is 9.97. The third kappa shape index (κ3) is 4.15. The highest BCUT2D eigenvalue weighted by atomic mass is 16.5. The summed E-state index contributed by atoms with van der Waals surface area (Å²) in [6.07, 6.45) is 1.09. The number of anilines is 2. The Morgan fingerprint density at radius 2 is 1.86 bits per heavy atom. The Bertz CT molecular complexity index is 566. The number of benzene rings is 2. The minimum atomic E-state index is 0.513. The molecule has 3 nitrogen and oxygen atoms in total. The summed E-state index contributed by atoms with van der Waals surface area (Å²) in [5.41, 5.74) is 9.07. The molecule has 2 aromatic rings. The highest BCUT2D eigenvalue weighted by molar-refractivity contribution is 5.50. The molecule has 0 bridgehead atoms. The van der Waals surface area contributed by atoms with Crippen molar-refractivity contribution in [1.29, 1.82) is 0 Å². The zero-order chi connectivity index (χ0) is 15.2. The number of hydrogen-bond acceptors (Lipinski definition) is 3. The van der Waals surface area contributed by atoms with Gasteiger partial charge in [-0.2, -0.15) is 0 Å². The molecule has 0 spiro atoms. The first-order valence-corrected chi connectivity index (χ1v) is 7.31. The molecule has 0 aliphatic carbocycles. The Morgan fingerprint density at radius 1 is 1.14 bits per heavy atom. The van der Waals surface area contributed by atoms with Gasteiger partial charge in [-0.15, -0.1) is 0 Å². The Hall–Kier alpha value is -2.16. The molecule has 0 aliphatic heterocycles. The third-order valence-electron chi connectivity index (χ3n) is 3.90. The van der Waals surface area contributed by atoms with Crippen LogP contribution in [0.1, 0.15) is 24.8 Å². The second-order valence-electron chi connectivity index (χ2n) is 5.48. The van der Waals surface area contributed by atoms with Gasteiger partial charge in [-0.25, -0.2) is 0 Å². The Kier molecular flexibility index (Phi) is 5.09. The van der Waals surface area contributed by atoms with Gasteiger partial charge in [-0.1, -0.05) is 25.1 Å². The molecular formula is C18H24N2O. The largest absolute Gasteiger partial charge is 0.497 e. The molecule has 112 valence electrons. The molecule has 2 aromatic carbocycles. The number of hydrogen-bond donors (Lipinski definition) is 1. The van der Waals surface area contributed by atoms with E-state index in [1.807, 2.05) is 24.3 Å². The van der Waals surface area contributed by atoms with Crippen molar-refractivity contribution in [3.05, 3.63) is 54.1 Å². The maximum absolute atomic E-state index is 5.73. The first kappa shape index (κ1) is 15.2. The SMILES string of the molecule is COc1cccc(N(C)CCC(C)c2ccc(N)cc2)c1. The molecule has 0 saturated carbocycles. The first-order chi connectivity index (χ1) is 10.1. The lowest BCUT2D eigenvalue weighted by Crippen LogP contribution is -2.20. The van der Waals surface area contributed by atoms with Gasteiger partial charge in [-0.05, 0) is 42.2 Å². The highest BCUT2D eigenvalue weighted by Crippen LogP contribution is 2.23. The molecule has 0 aliphatic rings. The fourth-order valence-electron chi connectivity index (χ4n) is 2.36. The highest BCUT2D eigenvalue weighted by Gasteiger charge is 2.08. The molecule has 0 fully saturated rings. The molecule has 2 N–H and O–H groups in total. The Morgan fingerprint density at radius 3 is 2.52 bits per heavy atom. The van der Waals surface area contributed by atoms with Crippen LogP contribution in [0.2, 0.25) is 0 Å². The molecule has 0 amide bonds. The molecule has 21 heavy (non-hydrogen) atoms. The van der Waals surface area contributed by atoms with Crippen LogP contribution in [0, 0.1) is 0 Å². The summed E-state index contributed by atoms with van der Waals surface area (Å²) < 4.78 is 5.27. The number of methoxy groups -OCH3 is 1. The minimum Gasteiger partial charge on any atom is -0.497 e. The van der Waals surface area contributed by atoms with Crippen molar-refractivity contribution in [2.45, 2.75) is 19.3 Å². The molecule has 0 saturated heterocycles. The molecule has 0 heterocycles. The van der Waals surface area contributed by atoms with E-state index < -0.39 is 0 Å². The van der Waals surface area contributed by atoms with Gasteiger partial charge in [0, 0.05) is 31.0 Å². The van der Waals surface area contributed by atoms with Gasteiger partial charge in [0.25, 0.3) is 0 Å². The van der Waals surface area contributed by atoms with E-state index >= 15 is 0 Å². The van der Waals surface area contributed by atoms with Crippen LogP contribution in [0.25, 0.3) is 0 Å². The zero-order valence-electron chi connectivity index (χ0n) is 13.0. The molecule has 3 heteroatoms. The normalized spacial score (nSPS) is 12.0. The smallest absolute Gasteiger partial charge is 0.120 e. The van der Waals surface area contributed by atoms with Crippen LogP contribution in [0.3, 0.4) is 0 Å². The second-order valence-corrected chi connectivity index (χ2v) is 5.48. The molecule has 1 atom stereocenters. The van der Waals surface area contributed by atoms with E-state index in [9.17, 15) is 0 Å². The van der Waals surface area contributed by atoms with Crippen molar-refractivity contribution in [2.24, 2.45) is 0 Å². The topological polar surface area (TPSA) is 38.5 Å². The maximum Gasteiger partial charge on any atom is 0.120 e. The standard InChI is InChI=1S/C18H24N2O/c1-14(15-7-9-16(19)10-8-15)11-12-20(2)17-5-4-6-18(13-17)21-3/h4-10,13-14H,11-12,19H2,1-3H3. The van der Waals surface area contributed by atoms with Crippen LogP contribution in [0.4, 0.5) is 11.4 Å². The maximum atomic E-state index is 5.73. The quantitative estimate of drug-likeness (QED) is 0.817. The summed E-state index contributed by atoms with van der Waals surface area (Å²) in [6, 6.07) is 16.3. The number of nitrogens with two attached hydrogens (primary N) is 1. The van der Waals surface area contributed by atoms with Gasteiger partial charge in [0.05, 0.1) is 7.11 Å². The van der Waals surface area contributed by atoms with Crippen LogP contribution in [-0.2, 0) is 0 Å². The van der Waals surface area contributed by atoms with Gasteiger partial charge in [-0.3, -0.25) is 0 Å². The Labute approximate surface area is 127 Å². The van der Waals surface area contributed by atoms with Crippen LogP contribution in [-0.4, -0.2) is 20.7 Å². The fraction of sp³-hybridized carbons (Fsp3) is 0.333. The minimum absolute atomic E-state index is 0.513. The average molecular weight is 284 g/mol. The molecule has 1 unspecified atom stereocenters. The second kappa shape index (κ2) is 7.02. The number of rotatable bonds is 6. The molecular weight excluding hydrogens is 260 g/mol. The van der Waals surface area contributed by atoms with E-state index in [1.54, 1.807) is 7.11 Å². The first-order valence-electron chi connectivity index (χ1n) is 7.31. The zero-order valence-corrected chi connectivity index (χ0v) is 13.0. The summed E-state index contributed by atoms with van der Waals surface area (Å²) in [5.74, 6) is 1.41. The van der Waals surface area contributed by atoms with Crippen LogP contribution in [0.15, 0.2) is 48.5 Å². The summed E-state index contributed by atoms with van der Waals surface area (Å²) in [4.78, 5) is 2.26. The summed E-state index contributed by atoms with van der Waals surface area (Å²) in [6.45, 7) is 3.25. The third-order valence-corrected chi connectivity index (χ3v) is 3.90. The number of ether oxygens (including phenoxy) is 1. The summed E-state index contributed by atoms with van der Waals surface area (Å²) in [7, 11) is 3.81. The molecule has 0 aromatic heterocycles. The van der Waals surface area contributed by atoms with E-state index in [0.29, 0.717) is 5.92 Å². The van der Waals surface area contributed by atoms with Crippen LogP contribution >= 0.6 is 0 Å². The molecule has 0 radical (unpaired) electrons. The van der Waals surface area contributed by atoms with Gasteiger partial charge >= 0.3 is 0 Å². The van der Waals surface area contributed by atoms with Crippen molar-refractivity contribution in [2.75, 3.05) is 31.3 Å². The van der Waals surface area contributed by atoms with E-state index in [-0.39, 0.29) is 0 Å². The van der Waals surface area contributed by atoms with Crippen molar-refractivity contribution in [1.82, 2.24) is 0 Å². The van der Waals surface area contributed by atoms with Gasteiger partial charge < -0.3 is 15.4 Å². The molecule has 2 rings (SSSR count). The lowest BCUT2D eigenvalue weighted by Gasteiger charge is -2.22. The van der Waals surface area contributed by atoms with Crippen LogP contribution < -0.4 is 15.4 Å². The summed E-state index contributed by atoms with van der Waals surface area (Å²) in [5, 5.41) is 0. The Balaban J connectivity index is 1.93. The van der Waals surface area contributed by atoms with Crippen molar-refractivity contribution in [3.63, 3.8) is 0 Å². The van der Waals surface area contributed by atoms with E-state index in [2.05, 4.69) is 43.1 Å². The van der Waals surface area contributed by atoms with Gasteiger partial charge in [0.15, 0.2) is 0 Å². The predicted octanol–water partition coefficient (Wildman–Crippen LogP) is 3.91. The average Bonchev–Trinajstić information content (AvgIpc) is 2.53. The van der Waals surface area contributed by atoms with Gasteiger partial charge in [0.2, 0.25) is 0 Å². The van der Waals surface area contributed by atoms with Crippen molar-refractivity contribution < 1.29 is 4.74 Å². The van der Waals surface area contributed by atoms with Crippen LogP contribution in [0.5, 0.6) is 5.75 Å². The van der Waals surface area contributed by atoms with E-state index in [1.165, 1.54) is 11.3 Å². The van der Waals surface area contributed by atoms with E-state index in [4.69, 9.17) is 10.5 Å². The van der Waals surface area contributed by atoms with Crippen molar-refractivity contribution in [3.8, 4) is 5.75 Å². The monoisotopic (exact) mass is 284 g/mol. The van der Waals surface area contributed by atoms with E-state index in [0.717, 1.165) is 24.4 Å². The van der Waals surface area contributed by atoms with Gasteiger partial charge in [0.1, 0.15) is 5.75 Å². The summed E-state index contributed by atoms with van der Waals surface area (Å²) >= 11 is 0. The van der Waals surface area contributed by atoms with Crippen molar-refractivity contribution >= 4 is 11.4 Å². The predicted molar refractivity (Wildman–Crippen MR) is 90.2 cm³/mol. The lowest BCUT2D eigenvalue weighted by molar-refractivity contribution is 0.415.